The molecular formula is C17H28N2O. The number of nitrogens with zero attached hydrogens (tertiary/aromatic N) is 2. The zero-order valence-corrected chi connectivity index (χ0v) is 13.3. The largest absolute Gasteiger partial charge is 0.388 e. The molecule has 0 bridgehead atoms. The summed E-state index contributed by atoms with van der Waals surface area (Å²) in [6.45, 7) is 7.07. The lowest BCUT2D eigenvalue weighted by Gasteiger charge is -2.40. The van der Waals surface area contributed by atoms with E-state index >= 15 is 0 Å². The van der Waals surface area contributed by atoms with Gasteiger partial charge < -0.3 is 14.9 Å². The van der Waals surface area contributed by atoms with Crippen LogP contribution in [0, 0.1) is 0 Å². The van der Waals surface area contributed by atoms with Gasteiger partial charge in [-0.05, 0) is 50.6 Å². The van der Waals surface area contributed by atoms with Gasteiger partial charge in [-0.3, -0.25) is 0 Å². The number of rotatable bonds is 4. The van der Waals surface area contributed by atoms with Crippen molar-refractivity contribution in [3.05, 3.63) is 29.8 Å². The molecular weight excluding hydrogens is 248 g/mol. The van der Waals surface area contributed by atoms with Crippen LogP contribution in [-0.2, 0) is 0 Å². The van der Waals surface area contributed by atoms with E-state index in [4.69, 9.17) is 0 Å². The van der Waals surface area contributed by atoms with E-state index in [1.54, 1.807) is 0 Å². The first kappa shape index (κ1) is 15.3. The summed E-state index contributed by atoms with van der Waals surface area (Å²) in [7, 11) is 4.05. The monoisotopic (exact) mass is 276 g/mol. The van der Waals surface area contributed by atoms with Gasteiger partial charge in [0.15, 0.2) is 0 Å². The fourth-order valence-electron chi connectivity index (χ4n) is 3.00. The molecule has 0 amide bonds. The smallest absolute Gasteiger partial charge is 0.0807 e. The molecule has 0 aromatic heterocycles. The predicted octanol–water partition coefficient (Wildman–Crippen LogP) is 2.70. The van der Waals surface area contributed by atoms with Gasteiger partial charge >= 0.3 is 0 Å². The molecule has 1 heterocycles. The van der Waals surface area contributed by atoms with Crippen molar-refractivity contribution in [3.8, 4) is 0 Å². The molecule has 3 nitrogen and oxygen atoms in total. The highest BCUT2D eigenvalue weighted by Gasteiger charge is 2.32. The standard InChI is InChI=1S/C17H28N2O/c1-14(2)15-5-7-16(8-6-15)19-11-9-17(20,10-12-19)13-18(3)4/h5-8,14,20H,9-13H2,1-4H3. The minimum atomic E-state index is -0.516. The quantitative estimate of drug-likeness (QED) is 0.916. The Hall–Kier alpha value is -1.06. The molecule has 0 radical (unpaired) electrons. The van der Waals surface area contributed by atoms with Crippen molar-refractivity contribution in [2.45, 2.75) is 38.2 Å². The molecule has 0 spiro atoms. The average molecular weight is 276 g/mol. The number of aliphatic hydroxyl groups is 1. The van der Waals surface area contributed by atoms with Crippen LogP contribution in [-0.4, -0.2) is 49.3 Å². The number of anilines is 1. The minimum absolute atomic E-state index is 0.516. The van der Waals surface area contributed by atoms with Crippen LogP contribution < -0.4 is 4.90 Å². The number of hydrogen-bond acceptors (Lipinski definition) is 3. The van der Waals surface area contributed by atoms with E-state index in [9.17, 15) is 5.11 Å². The molecule has 1 aliphatic rings. The maximum Gasteiger partial charge on any atom is 0.0807 e. The molecule has 112 valence electrons. The van der Waals surface area contributed by atoms with Crippen LogP contribution in [0.3, 0.4) is 0 Å². The van der Waals surface area contributed by atoms with Crippen LogP contribution >= 0.6 is 0 Å². The van der Waals surface area contributed by atoms with E-state index in [2.05, 4.69) is 47.9 Å². The fraction of sp³-hybridized carbons (Fsp3) is 0.647. The highest BCUT2D eigenvalue weighted by atomic mass is 16.3. The molecule has 20 heavy (non-hydrogen) atoms. The van der Waals surface area contributed by atoms with Crippen molar-refractivity contribution in [1.29, 1.82) is 0 Å². The van der Waals surface area contributed by atoms with Crippen LogP contribution in [0.25, 0.3) is 0 Å². The van der Waals surface area contributed by atoms with Crippen LogP contribution in [0.5, 0.6) is 0 Å². The first-order chi connectivity index (χ1) is 9.39. The van der Waals surface area contributed by atoms with Crippen LogP contribution in [0.4, 0.5) is 5.69 Å². The second-order valence-corrected chi connectivity index (χ2v) is 6.70. The normalized spacial score (nSPS) is 18.9. The summed E-state index contributed by atoms with van der Waals surface area (Å²) < 4.78 is 0. The fourth-order valence-corrected chi connectivity index (χ4v) is 3.00. The lowest BCUT2D eigenvalue weighted by Crippen LogP contribution is -2.49. The highest BCUT2D eigenvalue weighted by Crippen LogP contribution is 2.27. The molecule has 1 aromatic carbocycles. The molecule has 0 unspecified atom stereocenters. The van der Waals surface area contributed by atoms with Crippen molar-refractivity contribution < 1.29 is 5.11 Å². The van der Waals surface area contributed by atoms with E-state index in [0.717, 1.165) is 32.5 Å². The third-order valence-corrected chi connectivity index (χ3v) is 4.23. The lowest BCUT2D eigenvalue weighted by molar-refractivity contribution is -0.00537. The van der Waals surface area contributed by atoms with E-state index in [1.807, 2.05) is 14.1 Å². The van der Waals surface area contributed by atoms with Gasteiger partial charge in [0.25, 0.3) is 0 Å². The Bertz CT molecular complexity index is 417. The third kappa shape index (κ3) is 3.74. The molecule has 1 aliphatic heterocycles. The topological polar surface area (TPSA) is 26.7 Å². The van der Waals surface area contributed by atoms with Gasteiger partial charge in [0.2, 0.25) is 0 Å². The number of hydrogen-bond donors (Lipinski definition) is 1. The van der Waals surface area contributed by atoms with Crippen LogP contribution in [0.1, 0.15) is 38.2 Å². The van der Waals surface area contributed by atoms with Crippen LogP contribution in [0.2, 0.25) is 0 Å². The Morgan fingerprint density at radius 2 is 1.70 bits per heavy atom. The summed E-state index contributed by atoms with van der Waals surface area (Å²) >= 11 is 0. The van der Waals surface area contributed by atoms with Gasteiger partial charge in [-0.15, -0.1) is 0 Å². The van der Waals surface area contributed by atoms with E-state index in [-0.39, 0.29) is 0 Å². The summed E-state index contributed by atoms with van der Waals surface area (Å²) in [6, 6.07) is 8.87. The molecule has 1 aromatic rings. The Labute approximate surface area is 123 Å². The Balaban J connectivity index is 1.96. The maximum absolute atomic E-state index is 10.6. The van der Waals surface area contributed by atoms with Crippen molar-refractivity contribution >= 4 is 5.69 Å². The SMILES string of the molecule is CC(C)c1ccc(N2CCC(O)(CN(C)C)CC2)cc1. The lowest BCUT2D eigenvalue weighted by atomic mass is 9.90. The summed E-state index contributed by atoms with van der Waals surface area (Å²) in [4.78, 5) is 4.46. The first-order valence-corrected chi connectivity index (χ1v) is 7.62. The summed E-state index contributed by atoms with van der Waals surface area (Å²) in [5.74, 6) is 0.579. The molecule has 0 saturated carbocycles. The minimum Gasteiger partial charge on any atom is -0.388 e. The summed E-state index contributed by atoms with van der Waals surface area (Å²) in [6.07, 6.45) is 1.69. The van der Waals surface area contributed by atoms with E-state index in [1.165, 1.54) is 11.3 Å². The van der Waals surface area contributed by atoms with Gasteiger partial charge in [-0.25, -0.2) is 0 Å². The molecule has 3 heteroatoms. The van der Waals surface area contributed by atoms with Gasteiger partial charge in [0, 0.05) is 25.3 Å². The van der Waals surface area contributed by atoms with Crippen molar-refractivity contribution in [1.82, 2.24) is 4.90 Å². The van der Waals surface area contributed by atoms with Crippen molar-refractivity contribution in [2.24, 2.45) is 0 Å². The van der Waals surface area contributed by atoms with E-state index in [0.29, 0.717) is 5.92 Å². The van der Waals surface area contributed by atoms with Gasteiger partial charge in [0.05, 0.1) is 5.60 Å². The number of likely N-dealkylation sites (N-methyl/N-ethyl adjacent to an activating group) is 1. The second kappa shape index (κ2) is 6.15. The molecule has 1 saturated heterocycles. The van der Waals surface area contributed by atoms with Gasteiger partial charge in [0.1, 0.15) is 0 Å². The molecule has 1 N–H and O–H groups in total. The molecule has 0 aliphatic carbocycles. The average Bonchev–Trinajstić information content (AvgIpc) is 2.38. The second-order valence-electron chi connectivity index (χ2n) is 6.70. The molecule has 2 rings (SSSR count). The molecule has 1 fully saturated rings. The zero-order valence-electron chi connectivity index (χ0n) is 13.3. The maximum atomic E-state index is 10.6. The Morgan fingerprint density at radius 3 is 2.15 bits per heavy atom. The van der Waals surface area contributed by atoms with Crippen LogP contribution in [0.15, 0.2) is 24.3 Å². The predicted molar refractivity (Wildman–Crippen MR) is 85.5 cm³/mol. The number of piperidine rings is 1. The zero-order chi connectivity index (χ0) is 14.8. The van der Waals surface area contributed by atoms with Crippen molar-refractivity contribution in [2.75, 3.05) is 38.6 Å². The molecule has 0 atom stereocenters. The van der Waals surface area contributed by atoms with Crippen molar-refractivity contribution in [3.63, 3.8) is 0 Å². The highest BCUT2D eigenvalue weighted by molar-refractivity contribution is 5.48. The first-order valence-electron chi connectivity index (χ1n) is 7.62. The summed E-state index contributed by atoms with van der Waals surface area (Å²) in [5, 5.41) is 10.6. The van der Waals surface area contributed by atoms with Gasteiger partial charge in [-0.1, -0.05) is 26.0 Å². The third-order valence-electron chi connectivity index (χ3n) is 4.23. The number of benzene rings is 1. The Kier molecular flexibility index (Phi) is 4.71. The summed E-state index contributed by atoms with van der Waals surface area (Å²) in [5.41, 5.74) is 2.15. The Morgan fingerprint density at radius 1 is 1.15 bits per heavy atom. The van der Waals surface area contributed by atoms with Gasteiger partial charge in [-0.2, -0.15) is 0 Å². The van der Waals surface area contributed by atoms with E-state index < -0.39 is 5.60 Å².